The Morgan fingerprint density at radius 3 is 2.88 bits per heavy atom. The summed E-state index contributed by atoms with van der Waals surface area (Å²) in [5, 5.41) is 3.51. The first-order valence-corrected chi connectivity index (χ1v) is 8.87. The van der Waals surface area contributed by atoms with Crippen LogP contribution in [0.2, 0.25) is 5.02 Å². The van der Waals surface area contributed by atoms with Gasteiger partial charge in [0.05, 0.1) is 18.7 Å². The molecule has 0 bridgehead atoms. The van der Waals surface area contributed by atoms with Crippen molar-refractivity contribution in [3.8, 4) is 0 Å². The Bertz CT molecular complexity index is 825. The second-order valence-electron chi connectivity index (χ2n) is 5.97. The Hall–Kier alpha value is -2.60. The third-order valence-corrected chi connectivity index (χ3v) is 4.68. The minimum Gasteiger partial charge on any atom is -0.450 e. The fraction of sp³-hybridized carbons (Fsp3) is 0.316. The molecule has 1 aliphatic rings. The van der Waals surface area contributed by atoms with Gasteiger partial charge in [-0.05, 0) is 36.1 Å². The second-order valence-corrected chi connectivity index (χ2v) is 6.38. The van der Waals surface area contributed by atoms with E-state index in [2.05, 4.69) is 10.3 Å². The predicted molar refractivity (Wildman–Crippen MR) is 98.0 cm³/mol. The van der Waals surface area contributed by atoms with Gasteiger partial charge < -0.3 is 15.0 Å². The number of hydrogen-bond donors (Lipinski definition) is 1. The first kappa shape index (κ1) is 18.2. The molecule has 0 saturated heterocycles. The number of ether oxygens (including phenoxy) is 1. The third-order valence-electron chi connectivity index (χ3n) is 4.31. The Morgan fingerprint density at radius 1 is 1.31 bits per heavy atom. The zero-order chi connectivity index (χ0) is 18.5. The van der Waals surface area contributed by atoms with Crippen LogP contribution in [0, 0.1) is 0 Å². The lowest BCUT2D eigenvalue weighted by atomic mass is 9.97. The zero-order valence-corrected chi connectivity index (χ0v) is 15.3. The topological polar surface area (TPSA) is 71.5 Å². The first-order chi connectivity index (χ1) is 12.6. The van der Waals surface area contributed by atoms with Crippen LogP contribution in [0.5, 0.6) is 0 Å². The summed E-state index contributed by atoms with van der Waals surface area (Å²) < 4.78 is 5.05. The van der Waals surface area contributed by atoms with Crippen molar-refractivity contribution in [2.45, 2.75) is 26.4 Å². The van der Waals surface area contributed by atoms with E-state index in [1.165, 1.54) is 0 Å². The van der Waals surface area contributed by atoms with Crippen molar-refractivity contribution in [3.05, 3.63) is 63.9 Å². The van der Waals surface area contributed by atoms with Gasteiger partial charge in [-0.25, -0.2) is 4.79 Å². The molecule has 7 heteroatoms. The lowest BCUT2D eigenvalue weighted by Crippen LogP contribution is -2.37. The highest BCUT2D eigenvalue weighted by molar-refractivity contribution is 6.31. The molecule has 136 valence electrons. The van der Waals surface area contributed by atoms with Crippen molar-refractivity contribution >= 4 is 23.6 Å². The quantitative estimate of drug-likeness (QED) is 0.893. The molecule has 1 aliphatic heterocycles. The molecule has 6 nitrogen and oxygen atoms in total. The van der Waals surface area contributed by atoms with Crippen molar-refractivity contribution in [3.63, 3.8) is 0 Å². The number of nitrogens with one attached hydrogen (secondary N) is 1. The van der Waals surface area contributed by atoms with Crippen LogP contribution in [0.15, 0.2) is 36.7 Å². The normalized spacial score (nSPS) is 13.1. The number of carbonyl (C=O) groups is 2. The molecule has 0 fully saturated rings. The fourth-order valence-electron chi connectivity index (χ4n) is 2.97. The van der Waals surface area contributed by atoms with Gasteiger partial charge in [-0.3, -0.25) is 9.78 Å². The number of nitrogens with zero attached hydrogens (tertiary/aromatic N) is 2. The van der Waals surface area contributed by atoms with Crippen molar-refractivity contribution in [1.82, 2.24) is 15.2 Å². The van der Waals surface area contributed by atoms with E-state index in [-0.39, 0.29) is 12.0 Å². The molecule has 0 unspecified atom stereocenters. The maximum Gasteiger partial charge on any atom is 0.410 e. The Morgan fingerprint density at radius 2 is 2.12 bits per heavy atom. The maximum atomic E-state index is 12.6. The molecule has 1 N–H and O–H groups in total. The van der Waals surface area contributed by atoms with E-state index in [1.54, 1.807) is 30.3 Å². The van der Waals surface area contributed by atoms with E-state index in [1.807, 2.05) is 18.2 Å². The van der Waals surface area contributed by atoms with Crippen molar-refractivity contribution in [2.24, 2.45) is 0 Å². The molecule has 1 aromatic carbocycles. The van der Waals surface area contributed by atoms with Gasteiger partial charge in [0, 0.05) is 30.5 Å². The molecule has 0 saturated carbocycles. The molecular weight excluding hydrogens is 354 g/mol. The summed E-state index contributed by atoms with van der Waals surface area (Å²) in [4.78, 5) is 30.3. The first-order valence-electron chi connectivity index (χ1n) is 8.49. The summed E-state index contributed by atoms with van der Waals surface area (Å²) in [6.07, 6.45) is 3.52. The molecule has 2 aromatic rings. The summed E-state index contributed by atoms with van der Waals surface area (Å²) in [5.41, 5.74) is 3.19. The number of aromatic nitrogens is 1. The van der Waals surface area contributed by atoms with Crippen LogP contribution in [0.4, 0.5) is 4.79 Å². The Kier molecular flexibility index (Phi) is 5.73. The average Bonchev–Trinajstić information content (AvgIpc) is 2.66. The number of pyridine rings is 1. The Balaban J connectivity index is 1.72. The Labute approximate surface area is 157 Å². The number of benzene rings is 1. The highest BCUT2D eigenvalue weighted by atomic mass is 35.5. The molecule has 0 spiro atoms. The predicted octanol–water partition coefficient (Wildman–Crippen LogP) is 3.18. The van der Waals surface area contributed by atoms with E-state index < -0.39 is 0 Å². The van der Waals surface area contributed by atoms with Gasteiger partial charge in [-0.2, -0.15) is 0 Å². The summed E-state index contributed by atoms with van der Waals surface area (Å²) >= 11 is 6.13. The number of fused-ring (bicyclic) bond motifs is 1. The van der Waals surface area contributed by atoms with Crippen molar-refractivity contribution < 1.29 is 14.3 Å². The second kappa shape index (κ2) is 8.19. The molecule has 0 aliphatic carbocycles. The van der Waals surface area contributed by atoms with Crippen LogP contribution in [-0.4, -0.2) is 35.0 Å². The van der Waals surface area contributed by atoms with Gasteiger partial charge >= 0.3 is 6.09 Å². The van der Waals surface area contributed by atoms with Crippen LogP contribution in [-0.2, 0) is 24.2 Å². The molecular formula is C19H20ClN3O3. The van der Waals surface area contributed by atoms with Crippen LogP contribution < -0.4 is 5.32 Å². The number of carbonyl (C=O) groups excluding carboxylic acids is 2. The summed E-state index contributed by atoms with van der Waals surface area (Å²) in [6.45, 7) is 3.37. The lowest BCUT2D eigenvalue weighted by molar-refractivity contribution is 0.0947. The maximum absolute atomic E-state index is 12.6. The van der Waals surface area contributed by atoms with Crippen molar-refractivity contribution in [2.75, 3.05) is 13.2 Å². The van der Waals surface area contributed by atoms with E-state index in [4.69, 9.17) is 16.3 Å². The van der Waals surface area contributed by atoms with E-state index in [0.29, 0.717) is 43.2 Å². The van der Waals surface area contributed by atoms with Crippen LogP contribution in [0.3, 0.4) is 0 Å². The number of halogens is 1. The van der Waals surface area contributed by atoms with E-state index in [9.17, 15) is 9.59 Å². The molecule has 1 aromatic heterocycles. The highest BCUT2D eigenvalue weighted by Crippen LogP contribution is 2.22. The summed E-state index contributed by atoms with van der Waals surface area (Å²) in [7, 11) is 0. The molecule has 2 amide bonds. The van der Waals surface area contributed by atoms with Gasteiger partial charge in [-0.1, -0.05) is 29.8 Å². The fourth-order valence-corrected chi connectivity index (χ4v) is 3.17. The van der Waals surface area contributed by atoms with E-state index in [0.717, 1.165) is 16.7 Å². The zero-order valence-electron chi connectivity index (χ0n) is 14.5. The average molecular weight is 374 g/mol. The largest absolute Gasteiger partial charge is 0.450 e. The molecule has 3 rings (SSSR count). The number of hydrogen-bond acceptors (Lipinski definition) is 4. The van der Waals surface area contributed by atoms with Gasteiger partial charge in [0.1, 0.15) is 0 Å². The van der Waals surface area contributed by atoms with Gasteiger partial charge in [0.15, 0.2) is 0 Å². The number of amides is 2. The third kappa shape index (κ3) is 3.96. The number of rotatable bonds is 4. The van der Waals surface area contributed by atoms with Crippen LogP contribution in [0.1, 0.15) is 34.0 Å². The monoisotopic (exact) mass is 373 g/mol. The minimum atomic E-state index is -0.341. The smallest absolute Gasteiger partial charge is 0.410 e. The van der Waals surface area contributed by atoms with Gasteiger partial charge in [0.25, 0.3) is 5.91 Å². The van der Waals surface area contributed by atoms with Gasteiger partial charge in [0.2, 0.25) is 0 Å². The molecule has 0 radical (unpaired) electrons. The van der Waals surface area contributed by atoms with E-state index >= 15 is 0 Å². The molecule has 2 heterocycles. The standard InChI is InChI=1S/C19H20ClN3O3/c1-2-26-19(25)23-8-7-15-14(12-23)9-21-11-16(15)18(24)22-10-13-5-3-4-6-17(13)20/h3-6,9,11H,2,7-8,10,12H2,1H3,(H,22,24). The van der Waals surface area contributed by atoms with Crippen molar-refractivity contribution in [1.29, 1.82) is 0 Å². The molecule has 0 atom stereocenters. The SMILES string of the molecule is CCOC(=O)N1CCc2c(cncc2C(=O)NCc2ccccc2Cl)C1. The molecule has 26 heavy (non-hydrogen) atoms. The minimum absolute atomic E-state index is 0.196. The highest BCUT2D eigenvalue weighted by Gasteiger charge is 2.25. The van der Waals surface area contributed by atoms with Gasteiger partial charge in [-0.15, -0.1) is 0 Å². The lowest BCUT2D eigenvalue weighted by Gasteiger charge is -2.28. The summed E-state index contributed by atoms with van der Waals surface area (Å²) in [6, 6.07) is 7.39. The summed E-state index contributed by atoms with van der Waals surface area (Å²) in [5.74, 6) is -0.196. The van der Waals surface area contributed by atoms with Crippen LogP contribution >= 0.6 is 11.6 Å². The van der Waals surface area contributed by atoms with Crippen LogP contribution in [0.25, 0.3) is 0 Å².